The molecule has 0 N–H and O–H groups in total. The highest BCUT2D eigenvalue weighted by Crippen LogP contribution is 2.23. The fraction of sp³-hybridized carbons (Fsp3) is 0. The molecule has 0 aliphatic rings. The van der Waals surface area contributed by atoms with E-state index in [2.05, 4.69) is 0 Å². The van der Waals surface area contributed by atoms with Crippen LogP contribution in [-0.4, -0.2) is 10.8 Å². The van der Waals surface area contributed by atoms with Gasteiger partial charge < -0.3 is 0 Å². The number of halogens is 1. The van der Waals surface area contributed by atoms with Gasteiger partial charge in [-0.1, -0.05) is 84.9 Å². The second kappa shape index (κ2) is 9.01. The molecule has 5 rings (SSSR count). The molecule has 0 atom stereocenters. The smallest absolute Gasteiger partial charge is 0.186 e. The molecule has 5 aromatic rings. The van der Waals surface area contributed by atoms with Crippen LogP contribution in [0, 0.1) is 5.82 Å². The van der Waals surface area contributed by atoms with Gasteiger partial charge in [-0.3, -0.25) is 4.79 Å². The van der Waals surface area contributed by atoms with Gasteiger partial charge in [0.05, 0.1) is 11.2 Å². The summed E-state index contributed by atoms with van der Waals surface area (Å²) in [6.45, 7) is 0. The molecule has 0 aliphatic carbocycles. The van der Waals surface area contributed by atoms with E-state index in [0.717, 1.165) is 32.8 Å². The molecule has 1 heterocycles. The summed E-state index contributed by atoms with van der Waals surface area (Å²) in [5, 5.41) is 2.98. The second-order valence-electron chi connectivity index (χ2n) is 7.76. The first-order chi connectivity index (χ1) is 16.2. The van der Waals surface area contributed by atoms with Gasteiger partial charge in [0.1, 0.15) is 5.82 Å². The van der Waals surface area contributed by atoms with E-state index in [4.69, 9.17) is 4.98 Å². The molecule has 3 heteroatoms. The standard InChI is InChI=1S/C30H20FNO/c31-24-16-13-21(14-17-24)12-15-23-20-25(32-29-11-4-3-9-27(23)29)18-19-30(33)28-10-5-7-22-6-1-2-8-26(22)28/h1-20H/b15-12+,19-18+. The number of allylic oxidation sites excluding steroid dienone is 1. The number of para-hydroxylation sites is 1. The highest BCUT2D eigenvalue weighted by atomic mass is 19.1. The number of carbonyl (C=O) groups is 1. The van der Waals surface area contributed by atoms with Crippen molar-refractivity contribution in [2.24, 2.45) is 0 Å². The third-order valence-corrected chi connectivity index (χ3v) is 5.55. The first kappa shape index (κ1) is 20.5. The van der Waals surface area contributed by atoms with Gasteiger partial charge in [-0.15, -0.1) is 0 Å². The van der Waals surface area contributed by atoms with Crippen LogP contribution in [0.4, 0.5) is 4.39 Å². The van der Waals surface area contributed by atoms with Gasteiger partial charge >= 0.3 is 0 Å². The van der Waals surface area contributed by atoms with Crippen LogP contribution in [0.2, 0.25) is 0 Å². The van der Waals surface area contributed by atoms with Gasteiger partial charge in [-0.2, -0.15) is 0 Å². The predicted octanol–water partition coefficient (Wildman–Crippen LogP) is 7.59. The third kappa shape index (κ3) is 4.48. The molecule has 1 aromatic heterocycles. The van der Waals surface area contributed by atoms with Crippen LogP contribution >= 0.6 is 0 Å². The number of hydrogen-bond donors (Lipinski definition) is 0. The highest BCUT2D eigenvalue weighted by molar-refractivity contribution is 6.14. The molecule has 4 aromatic carbocycles. The molecule has 0 spiro atoms. The SMILES string of the molecule is O=C(/C=C/c1cc(/C=C/c2ccc(F)cc2)c2ccccc2n1)c1cccc2ccccc12. The molecule has 2 nitrogen and oxygen atoms in total. The van der Waals surface area contributed by atoms with E-state index in [1.807, 2.05) is 84.9 Å². The van der Waals surface area contributed by atoms with Crippen LogP contribution in [0.1, 0.15) is 27.2 Å². The fourth-order valence-electron chi connectivity index (χ4n) is 3.90. The van der Waals surface area contributed by atoms with Gasteiger partial charge in [0.2, 0.25) is 0 Å². The van der Waals surface area contributed by atoms with Crippen LogP contribution in [0.3, 0.4) is 0 Å². The molecular weight excluding hydrogens is 409 g/mol. The number of aromatic nitrogens is 1. The molecule has 0 saturated heterocycles. The Morgan fingerprint density at radius 3 is 2.30 bits per heavy atom. The third-order valence-electron chi connectivity index (χ3n) is 5.55. The summed E-state index contributed by atoms with van der Waals surface area (Å²) < 4.78 is 13.2. The van der Waals surface area contributed by atoms with Crippen molar-refractivity contribution >= 4 is 45.7 Å². The van der Waals surface area contributed by atoms with Crippen molar-refractivity contribution in [3.63, 3.8) is 0 Å². The van der Waals surface area contributed by atoms with E-state index in [0.29, 0.717) is 11.3 Å². The minimum absolute atomic E-state index is 0.0647. The average molecular weight is 429 g/mol. The first-order valence-corrected chi connectivity index (χ1v) is 10.7. The molecule has 0 saturated carbocycles. The number of fused-ring (bicyclic) bond motifs is 2. The van der Waals surface area contributed by atoms with Crippen LogP contribution in [-0.2, 0) is 0 Å². The van der Waals surface area contributed by atoms with Crippen LogP contribution in [0.15, 0.2) is 103 Å². The molecule has 0 radical (unpaired) electrons. The van der Waals surface area contributed by atoms with Crippen molar-refractivity contribution in [3.8, 4) is 0 Å². The zero-order valence-corrected chi connectivity index (χ0v) is 17.8. The van der Waals surface area contributed by atoms with E-state index >= 15 is 0 Å². The maximum absolute atomic E-state index is 13.2. The lowest BCUT2D eigenvalue weighted by atomic mass is 10.0. The maximum Gasteiger partial charge on any atom is 0.186 e. The van der Waals surface area contributed by atoms with Gasteiger partial charge in [0, 0.05) is 10.9 Å². The molecular formula is C30H20FNO. The Balaban J connectivity index is 1.50. The van der Waals surface area contributed by atoms with Gasteiger partial charge in [0.15, 0.2) is 5.78 Å². The molecule has 33 heavy (non-hydrogen) atoms. The van der Waals surface area contributed by atoms with E-state index in [9.17, 15) is 9.18 Å². The topological polar surface area (TPSA) is 30.0 Å². The Hall–Kier alpha value is -4.37. The Morgan fingerprint density at radius 1 is 0.727 bits per heavy atom. The van der Waals surface area contributed by atoms with Crippen LogP contribution < -0.4 is 0 Å². The summed E-state index contributed by atoms with van der Waals surface area (Å²) in [5.41, 5.74) is 4.08. The normalized spacial score (nSPS) is 11.7. The van der Waals surface area contributed by atoms with E-state index in [1.165, 1.54) is 12.1 Å². The number of hydrogen-bond acceptors (Lipinski definition) is 2. The van der Waals surface area contributed by atoms with Gasteiger partial charge in [0.25, 0.3) is 0 Å². The van der Waals surface area contributed by atoms with Crippen molar-refractivity contribution in [1.82, 2.24) is 4.98 Å². The minimum atomic E-state index is -0.259. The van der Waals surface area contributed by atoms with Crippen molar-refractivity contribution in [2.45, 2.75) is 0 Å². The summed E-state index contributed by atoms with van der Waals surface area (Å²) >= 11 is 0. The number of rotatable bonds is 5. The molecule has 158 valence electrons. The number of carbonyl (C=O) groups excluding carboxylic acids is 1. The molecule has 0 fully saturated rings. The van der Waals surface area contributed by atoms with Crippen LogP contribution in [0.5, 0.6) is 0 Å². The Morgan fingerprint density at radius 2 is 1.45 bits per heavy atom. The molecule has 0 unspecified atom stereocenters. The van der Waals surface area contributed by atoms with Crippen molar-refractivity contribution in [2.75, 3.05) is 0 Å². The lowest BCUT2D eigenvalue weighted by Gasteiger charge is -2.05. The lowest BCUT2D eigenvalue weighted by Crippen LogP contribution is -1.96. The summed E-state index contributed by atoms with van der Waals surface area (Å²) in [6, 6.07) is 29.8. The molecule has 0 bridgehead atoms. The zero-order valence-electron chi connectivity index (χ0n) is 17.8. The Labute approximate surface area is 191 Å². The number of nitrogens with zero attached hydrogens (tertiary/aromatic N) is 1. The largest absolute Gasteiger partial charge is 0.289 e. The maximum atomic E-state index is 13.2. The quantitative estimate of drug-likeness (QED) is 0.213. The molecule has 0 amide bonds. The summed E-state index contributed by atoms with van der Waals surface area (Å²) in [6.07, 6.45) is 7.26. The second-order valence-corrected chi connectivity index (χ2v) is 7.76. The van der Waals surface area contributed by atoms with Crippen LogP contribution in [0.25, 0.3) is 39.9 Å². The van der Waals surface area contributed by atoms with Gasteiger partial charge in [-0.05, 0) is 58.3 Å². The number of pyridine rings is 1. The summed E-state index contributed by atoms with van der Waals surface area (Å²) in [7, 11) is 0. The van der Waals surface area contributed by atoms with Crippen molar-refractivity contribution in [1.29, 1.82) is 0 Å². The monoisotopic (exact) mass is 429 g/mol. The predicted molar refractivity (Wildman–Crippen MR) is 134 cm³/mol. The Kier molecular flexibility index (Phi) is 5.61. The van der Waals surface area contributed by atoms with Crippen molar-refractivity contribution in [3.05, 3.63) is 131 Å². The van der Waals surface area contributed by atoms with Crippen molar-refractivity contribution < 1.29 is 9.18 Å². The number of benzene rings is 4. The van der Waals surface area contributed by atoms with E-state index < -0.39 is 0 Å². The first-order valence-electron chi connectivity index (χ1n) is 10.7. The van der Waals surface area contributed by atoms with E-state index in [-0.39, 0.29) is 11.6 Å². The minimum Gasteiger partial charge on any atom is -0.289 e. The Bertz CT molecular complexity index is 1530. The fourth-order valence-corrected chi connectivity index (χ4v) is 3.90. The molecule has 0 aliphatic heterocycles. The van der Waals surface area contributed by atoms with Gasteiger partial charge in [-0.25, -0.2) is 9.37 Å². The van der Waals surface area contributed by atoms with E-state index in [1.54, 1.807) is 24.3 Å². The zero-order chi connectivity index (χ0) is 22.6. The highest BCUT2D eigenvalue weighted by Gasteiger charge is 2.07. The summed E-state index contributed by atoms with van der Waals surface area (Å²) in [4.78, 5) is 17.7. The lowest BCUT2D eigenvalue weighted by molar-refractivity contribution is 0.104. The summed E-state index contributed by atoms with van der Waals surface area (Å²) in [5.74, 6) is -0.324. The number of ketones is 1. The average Bonchev–Trinajstić information content (AvgIpc) is 2.86.